The van der Waals surface area contributed by atoms with Crippen LogP contribution in [0, 0.1) is 11.7 Å². The number of pyridine rings is 1. The average molecular weight is 462 g/mol. The Morgan fingerprint density at radius 1 is 1.15 bits per heavy atom. The second kappa shape index (κ2) is 8.43. The first-order valence-electron chi connectivity index (χ1n) is 10.5. The van der Waals surface area contributed by atoms with Gasteiger partial charge in [0.05, 0.1) is 6.20 Å². The van der Waals surface area contributed by atoms with Crippen LogP contribution in [0.2, 0.25) is 0 Å². The van der Waals surface area contributed by atoms with Crippen LogP contribution in [0.4, 0.5) is 15.9 Å². The number of hydrogen-bond acceptors (Lipinski definition) is 6. The highest BCUT2D eigenvalue weighted by Gasteiger charge is 2.30. The molecule has 0 bridgehead atoms. The number of aryl methyl sites for hydroxylation is 1. The molecule has 1 saturated carbocycles. The third-order valence-corrected chi connectivity index (χ3v) is 5.27. The lowest BCUT2D eigenvalue weighted by Crippen LogP contribution is -2.27. The van der Waals surface area contributed by atoms with Crippen molar-refractivity contribution in [3.8, 4) is 11.6 Å². The van der Waals surface area contributed by atoms with Crippen molar-refractivity contribution >= 4 is 29.0 Å². The lowest BCUT2D eigenvalue weighted by molar-refractivity contribution is -0.117. The van der Waals surface area contributed by atoms with Crippen LogP contribution in [0.1, 0.15) is 23.2 Å². The Morgan fingerprint density at radius 2 is 1.97 bits per heavy atom. The number of fused-ring (bicyclic) bond motifs is 1. The predicted octanol–water partition coefficient (Wildman–Crippen LogP) is 2.96. The Bertz CT molecular complexity index is 1490. The highest BCUT2D eigenvalue weighted by atomic mass is 19.1. The van der Waals surface area contributed by atoms with Crippen LogP contribution in [0.25, 0.3) is 5.65 Å². The fourth-order valence-corrected chi connectivity index (χ4v) is 3.30. The van der Waals surface area contributed by atoms with Crippen molar-refractivity contribution in [1.82, 2.24) is 19.2 Å². The van der Waals surface area contributed by atoms with Gasteiger partial charge < -0.3 is 19.9 Å². The quantitative estimate of drug-likeness (QED) is 0.455. The minimum atomic E-state index is -0.733. The zero-order chi connectivity index (χ0) is 23.8. The third-order valence-electron chi connectivity index (χ3n) is 5.27. The molecule has 2 amide bonds. The Balaban J connectivity index is 1.29. The number of anilines is 2. The monoisotopic (exact) mass is 462 g/mol. The first-order valence-corrected chi connectivity index (χ1v) is 10.5. The van der Waals surface area contributed by atoms with Crippen molar-refractivity contribution in [2.45, 2.75) is 12.8 Å². The van der Waals surface area contributed by atoms with E-state index in [0.29, 0.717) is 11.5 Å². The number of nitrogens with zero attached hydrogens (tertiary/aromatic N) is 4. The Kier molecular flexibility index (Phi) is 5.28. The van der Waals surface area contributed by atoms with Gasteiger partial charge in [-0.2, -0.15) is 0 Å². The topological polar surface area (TPSA) is 120 Å². The van der Waals surface area contributed by atoms with Crippen molar-refractivity contribution in [3.63, 3.8) is 0 Å². The molecule has 5 rings (SSSR count). The Morgan fingerprint density at radius 3 is 2.74 bits per heavy atom. The van der Waals surface area contributed by atoms with Crippen molar-refractivity contribution in [1.29, 1.82) is 0 Å². The number of halogens is 1. The molecule has 0 spiro atoms. The fraction of sp³-hybridized carbons (Fsp3) is 0.174. The van der Waals surface area contributed by atoms with Gasteiger partial charge in [0.1, 0.15) is 5.56 Å². The lowest BCUT2D eigenvalue weighted by atomic mass is 10.2. The molecule has 1 fully saturated rings. The summed E-state index contributed by atoms with van der Waals surface area (Å²) in [4.78, 5) is 40.7. The molecule has 4 aromatic rings. The number of imidazole rings is 1. The van der Waals surface area contributed by atoms with E-state index in [-0.39, 0.29) is 34.7 Å². The second-order valence-corrected chi connectivity index (χ2v) is 7.90. The van der Waals surface area contributed by atoms with Crippen molar-refractivity contribution < 1.29 is 18.7 Å². The van der Waals surface area contributed by atoms with E-state index in [2.05, 4.69) is 20.7 Å². The average Bonchev–Trinajstić information content (AvgIpc) is 3.58. The van der Waals surface area contributed by atoms with Gasteiger partial charge in [0.15, 0.2) is 23.0 Å². The van der Waals surface area contributed by atoms with E-state index in [0.717, 1.165) is 18.9 Å². The molecular weight excluding hydrogens is 443 g/mol. The Hall–Kier alpha value is -4.54. The third kappa shape index (κ3) is 4.35. The maximum Gasteiger partial charge on any atom is 0.263 e. The van der Waals surface area contributed by atoms with Crippen LogP contribution in [-0.2, 0) is 11.8 Å². The minimum absolute atomic E-state index is 0.0467. The second-order valence-electron chi connectivity index (χ2n) is 7.90. The van der Waals surface area contributed by atoms with Crippen LogP contribution in [0.3, 0.4) is 0 Å². The maximum atomic E-state index is 14.6. The smallest absolute Gasteiger partial charge is 0.263 e. The van der Waals surface area contributed by atoms with Crippen LogP contribution >= 0.6 is 0 Å². The number of aromatic nitrogens is 4. The van der Waals surface area contributed by atoms with Gasteiger partial charge in [0, 0.05) is 37.0 Å². The first-order chi connectivity index (χ1) is 16.4. The van der Waals surface area contributed by atoms with Gasteiger partial charge in [-0.1, -0.05) is 0 Å². The van der Waals surface area contributed by atoms with Crippen molar-refractivity contribution in [2.75, 3.05) is 10.6 Å². The number of carbonyl (C=O) groups is 2. The van der Waals surface area contributed by atoms with Crippen LogP contribution in [0.5, 0.6) is 11.6 Å². The van der Waals surface area contributed by atoms with Crippen LogP contribution < -0.4 is 20.9 Å². The number of carbonyl (C=O) groups excluding carboxylic acids is 2. The van der Waals surface area contributed by atoms with Gasteiger partial charge in [-0.3, -0.25) is 14.4 Å². The number of ether oxygens (including phenoxy) is 1. The molecule has 172 valence electrons. The van der Waals surface area contributed by atoms with E-state index >= 15 is 0 Å². The van der Waals surface area contributed by atoms with Crippen molar-refractivity contribution in [3.05, 3.63) is 76.6 Å². The molecule has 10 nitrogen and oxygen atoms in total. The van der Waals surface area contributed by atoms with E-state index in [1.165, 1.54) is 46.6 Å². The fourth-order valence-electron chi connectivity index (χ4n) is 3.30. The van der Waals surface area contributed by atoms with E-state index < -0.39 is 17.3 Å². The molecule has 0 saturated heterocycles. The summed E-state index contributed by atoms with van der Waals surface area (Å²) in [6.07, 6.45) is 4.85. The van der Waals surface area contributed by atoms with Gasteiger partial charge in [-0.15, -0.1) is 5.10 Å². The summed E-state index contributed by atoms with van der Waals surface area (Å²) >= 11 is 0. The normalized spacial score (nSPS) is 13.0. The maximum absolute atomic E-state index is 14.6. The number of rotatable bonds is 6. The van der Waals surface area contributed by atoms with Crippen molar-refractivity contribution in [2.24, 2.45) is 13.0 Å². The molecule has 0 radical (unpaired) electrons. The molecule has 3 heterocycles. The van der Waals surface area contributed by atoms with Gasteiger partial charge in [0.25, 0.3) is 11.5 Å². The summed E-state index contributed by atoms with van der Waals surface area (Å²) in [6, 6.07) is 9.99. The minimum Gasteiger partial charge on any atom is -0.434 e. The zero-order valence-corrected chi connectivity index (χ0v) is 18.0. The SMILES string of the molecule is Cn1cccc(C(=O)Nc2ccc(Oc3ccc4nc(NC(=O)C5CC5)cn4n3)c(F)c2)c1=O. The van der Waals surface area contributed by atoms with E-state index in [4.69, 9.17) is 4.74 Å². The predicted molar refractivity (Wildman–Crippen MR) is 120 cm³/mol. The number of nitrogens with one attached hydrogen (secondary N) is 2. The molecule has 3 aromatic heterocycles. The molecule has 0 atom stereocenters. The molecule has 11 heteroatoms. The van der Waals surface area contributed by atoms with E-state index in [1.54, 1.807) is 18.3 Å². The van der Waals surface area contributed by atoms with Gasteiger partial charge in [-0.25, -0.2) is 13.9 Å². The molecule has 34 heavy (non-hydrogen) atoms. The largest absolute Gasteiger partial charge is 0.434 e. The summed E-state index contributed by atoms with van der Waals surface area (Å²) in [7, 11) is 1.53. The molecule has 2 N–H and O–H groups in total. The number of hydrogen-bond donors (Lipinski definition) is 2. The molecule has 0 unspecified atom stereocenters. The lowest BCUT2D eigenvalue weighted by Gasteiger charge is -2.09. The molecule has 0 aliphatic heterocycles. The van der Waals surface area contributed by atoms with Crippen LogP contribution in [-0.4, -0.2) is 31.0 Å². The first kappa shape index (κ1) is 21.3. The number of benzene rings is 1. The van der Waals surface area contributed by atoms with Crippen LogP contribution in [0.15, 0.2) is 59.7 Å². The number of amides is 2. The summed E-state index contributed by atoms with van der Waals surface area (Å²) in [5.41, 5.74) is 0.131. The standard InChI is InChI=1S/C23H19FN6O4/c1-29-10-2-3-15(23(29)33)22(32)25-14-6-7-17(16(24)11-14)34-20-9-8-19-26-18(12-30(19)28-20)27-21(31)13-4-5-13/h2-3,6-13H,4-5H2,1H3,(H,25,32)(H,27,31). The summed E-state index contributed by atoms with van der Waals surface area (Å²) in [5.74, 6) is -1.03. The highest BCUT2D eigenvalue weighted by molar-refractivity contribution is 6.04. The zero-order valence-electron chi connectivity index (χ0n) is 18.0. The Labute approximate surface area is 192 Å². The summed E-state index contributed by atoms with van der Waals surface area (Å²) in [5, 5.41) is 9.48. The highest BCUT2D eigenvalue weighted by Crippen LogP contribution is 2.30. The van der Waals surface area contributed by atoms with E-state index in [1.807, 2.05) is 0 Å². The molecule has 1 aromatic carbocycles. The van der Waals surface area contributed by atoms with Gasteiger partial charge in [-0.05, 0) is 43.2 Å². The van der Waals surface area contributed by atoms with Gasteiger partial charge in [0.2, 0.25) is 11.8 Å². The van der Waals surface area contributed by atoms with Gasteiger partial charge >= 0.3 is 0 Å². The molecule has 1 aliphatic rings. The molecular formula is C23H19FN6O4. The summed E-state index contributed by atoms with van der Waals surface area (Å²) in [6.45, 7) is 0. The molecule has 1 aliphatic carbocycles. The summed E-state index contributed by atoms with van der Waals surface area (Å²) < 4.78 is 22.9. The van der Waals surface area contributed by atoms with E-state index in [9.17, 15) is 18.8 Å².